The first-order chi connectivity index (χ1) is 52.5. The van der Waals surface area contributed by atoms with Crippen LogP contribution >= 0.6 is 0 Å². The Morgan fingerprint density at radius 2 is 0.628 bits per heavy atom. The summed E-state index contributed by atoms with van der Waals surface area (Å²) in [4.78, 5) is 116. The van der Waals surface area contributed by atoms with Crippen molar-refractivity contribution >= 4 is 53.2 Å². The van der Waals surface area contributed by atoms with Gasteiger partial charge < -0.3 is 93.6 Å². The molecule has 0 aromatic heterocycles. The number of hydrogen-bond acceptors (Lipinski definition) is 21. The second-order valence-electron chi connectivity index (χ2n) is 36.3. The van der Waals surface area contributed by atoms with E-state index in [2.05, 4.69) is 52.7 Å². The number of nitrogens with one attached hydrogen (secondary N) is 6. The van der Waals surface area contributed by atoms with Crippen LogP contribution in [0.4, 0.5) is 0 Å². The topological polar surface area (TPSA) is 343 Å². The second-order valence-corrected chi connectivity index (χ2v) is 36.3. The third-order valence-corrected chi connectivity index (χ3v) is 19.2. The van der Waals surface area contributed by atoms with Crippen LogP contribution in [0.3, 0.4) is 0 Å². The van der Waals surface area contributed by atoms with Crippen molar-refractivity contribution in [3.05, 3.63) is 12.2 Å². The summed E-state index contributed by atoms with van der Waals surface area (Å²) in [7, 11) is 0. The molecule has 113 heavy (non-hydrogen) atoms. The van der Waals surface area contributed by atoms with E-state index in [4.69, 9.17) is 56.8 Å². The van der Waals surface area contributed by atoms with Gasteiger partial charge in [0.15, 0.2) is 0 Å². The number of amides is 9. The highest BCUT2D eigenvalue weighted by atomic mass is 16.6. The zero-order valence-electron chi connectivity index (χ0n) is 74.1. The van der Waals surface area contributed by atoms with Gasteiger partial charge in [0.1, 0.15) is 0 Å². The fourth-order valence-electron chi connectivity index (χ4n) is 11.1. The van der Waals surface area contributed by atoms with Gasteiger partial charge in [-0.15, -0.1) is 0 Å². The molecule has 29 nitrogen and oxygen atoms in total. The summed E-state index contributed by atoms with van der Waals surface area (Å²) < 4.78 is 70.0. The predicted octanol–water partition coefficient (Wildman–Crippen LogP) is 9.20. The van der Waals surface area contributed by atoms with E-state index in [0.717, 1.165) is 17.7 Å². The maximum Gasteiger partial charge on any atom is 0.253 e. The number of imide groups is 1. The molecule has 1 rings (SSSR count). The van der Waals surface area contributed by atoms with E-state index < -0.39 is 56.3 Å². The van der Waals surface area contributed by atoms with Crippen LogP contribution in [-0.4, -0.2) is 272 Å². The molecule has 1 aliphatic rings. The molecule has 0 atom stereocenters. The highest BCUT2D eigenvalue weighted by Crippen LogP contribution is 2.32. The molecule has 0 aliphatic carbocycles. The van der Waals surface area contributed by atoms with Gasteiger partial charge in [0.05, 0.1) is 128 Å². The minimum Gasteiger partial charge on any atom is -0.379 e. The maximum atomic E-state index is 13.3. The van der Waals surface area contributed by atoms with Crippen LogP contribution in [-0.2, 0) is 100.0 Å². The van der Waals surface area contributed by atoms with E-state index >= 15 is 0 Å². The first kappa shape index (κ1) is 106. The van der Waals surface area contributed by atoms with Crippen molar-refractivity contribution in [3.8, 4) is 0 Å². The molecule has 0 bridgehead atoms. The van der Waals surface area contributed by atoms with Crippen molar-refractivity contribution in [2.24, 2.45) is 10.8 Å². The van der Waals surface area contributed by atoms with Crippen LogP contribution in [0.5, 0.6) is 0 Å². The van der Waals surface area contributed by atoms with Crippen molar-refractivity contribution in [2.75, 3.05) is 165 Å². The summed E-state index contributed by atoms with van der Waals surface area (Å²) in [6.07, 6.45) is 10.3. The number of nitrogens with zero attached hydrogens (tertiary/aromatic N) is 2. The average molecular weight is 1610 g/mol. The van der Waals surface area contributed by atoms with E-state index in [9.17, 15) is 43.2 Å². The molecular weight excluding hydrogens is 1460 g/mol. The van der Waals surface area contributed by atoms with E-state index in [1.807, 2.05) is 132 Å². The van der Waals surface area contributed by atoms with Crippen molar-refractivity contribution in [2.45, 2.75) is 300 Å². The Bertz CT molecular complexity index is 2780. The fourth-order valence-corrected chi connectivity index (χ4v) is 11.1. The first-order valence-electron chi connectivity index (χ1n) is 41.3. The van der Waals surface area contributed by atoms with Crippen LogP contribution < -0.4 is 31.9 Å². The van der Waals surface area contributed by atoms with Gasteiger partial charge in [0.25, 0.3) is 11.8 Å². The molecule has 0 saturated carbocycles. The Morgan fingerprint density at radius 1 is 0.327 bits per heavy atom. The molecule has 0 aromatic rings. The lowest BCUT2D eigenvalue weighted by Gasteiger charge is -2.34. The van der Waals surface area contributed by atoms with Gasteiger partial charge in [-0.1, -0.05) is 41.5 Å². The molecule has 1 heterocycles. The number of carbonyl (C=O) groups excluding carboxylic acids is 9. The lowest BCUT2D eigenvalue weighted by molar-refractivity contribution is -0.139. The van der Waals surface area contributed by atoms with Crippen LogP contribution in [0.1, 0.15) is 255 Å². The summed E-state index contributed by atoms with van der Waals surface area (Å²) >= 11 is 0. The van der Waals surface area contributed by atoms with E-state index in [-0.39, 0.29) is 131 Å². The quantitative estimate of drug-likeness (QED) is 0.0244. The van der Waals surface area contributed by atoms with Crippen molar-refractivity contribution in [3.63, 3.8) is 0 Å². The fraction of sp³-hybridized carbons (Fsp3) is 0.869. The highest BCUT2D eigenvalue weighted by molar-refractivity contribution is 6.13. The maximum absolute atomic E-state index is 13.3. The summed E-state index contributed by atoms with van der Waals surface area (Å²) in [6, 6.07) is 0. The molecule has 0 aromatic carbocycles. The Labute approximate surface area is 679 Å². The summed E-state index contributed by atoms with van der Waals surface area (Å²) in [5.41, 5.74) is -4.15. The normalized spacial score (nSPS) is 13.6. The van der Waals surface area contributed by atoms with Gasteiger partial charge in [0.2, 0.25) is 41.4 Å². The lowest BCUT2D eigenvalue weighted by atomic mass is 9.79. The molecule has 9 amide bonds. The smallest absolute Gasteiger partial charge is 0.253 e. The molecule has 0 saturated heterocycles. The lowest BCUT2D eigenvalue weighted by Crippen LogP contribution is -2.50. The number of carbonyl (C=O) groups is 9. The van der Waals surface area contributed by atoms with Gasteiger partial charge in [-0.25, -0.2) is 0 Å². The summed E-state index contributed by atoms with van der Waals surface area (Å²) in [5, 5.41) is 18.4. The largest absolute Gasteiger partial charge is 0.379 e. The highest BCUT2D eigenvalue weighted by Gasteiger charge is 2.35. The zero-order chi connectivity index (χ0) is 85.5. The summed E-state index contributed by atoms with van der Waals surface area (Å²) in [6.45, 7) is 51.8. The van der Waals surface area contributed by atoms with Gasteiger partial charge in [-0.3, -0.25) is 48.1 Å². The van der Waals surface area contributed by atoms with Gasteiger partial charge in [-0.2, -0.15) is 0 Å². The van der Waals surface area contributed by atoms with E-state index in [1.54, 1.807) is 4.90 Å². The Kier molecular flexibility index (Phi) is 50.4. The minimum absolute atomic E-state index is 0.00899. The van der Waals surface area contributed by atoms with E-state index in [1.165, 1.54) is 12.2 Å². The Morgan fingerprint density at radius 3 is 0.956 bits per heavy atom. The number of ether oxygens (including phenoxy) is 12. The standard InChI is InChI=1S/C84H156N8O21/c1-23-66(93)87-77(7,8)37-50-112-83(19,20)35-41-85-67(94)26-31-81(15,16)110-48-38-78(9,10)88-69(96)29-46-102-54-58-106-62-64-108-60-56-104-52-44-91(71(98)28-43-92-72(99)24-25-73(92)100)45-53-105-57-61-109-65-63-107-59-55-103-47-30-70(97)89-79(11,12)39-49-111-82(17,18)32-27-68(95)86-42-36-84(21,22)113-51-40-80(13,14)90-74(101)76(5,6)34-33-75(2,3)4/h24-25H,23,26-65H2,1-22H3,(H,85,94)(H,86,95)(H,87,93)(H,88,96)(H,89,97)(H,90,101). The zero-order valence-corrected chi connectivity index (χ0v) is 74.1. The van der Waals surface area contributed by atoms with Crippen molar-refractivity contribution < 1.29 is 100.0 Å². The van der Waals surface area contributed by atoms with Gasteiger partial charge >= 0.3 is 0 Å². The predicted molar refractivity (Wildman–Crippen MR) is 437 cm³/mol. The molecule has 1 aliphatic heterocycles. The molecule has 0 radical (unpaired) electrons. The Balaban J connectivity index is 2.22. The third kappa shape index (κ3) is 56.6. The van der Waals surface area contributed by atoms with Crippen LogP contribution in [0.15, 0.2) is 12.2 Å². The SMILES string of the molecule is CCC(=O)NC(C)(C)CCOC(C)(C)CCNC(=O)CCC(C)(C)OCCC(C)(C)NC(=O)CCOCCOCCOCCOCCN(CCOCCOCCOCCOCCC(=O)NC(C)(C)CCOC(C)(C)CCC(=O)NCCC(C)(C)OCCC(C)(C)NC(=O)C(C)(C)CCC(C)(C)C)C(=O)CCN1C(=O)C=CC1=O. The van der Waals surface area contributed by atoms with Gasteiger partial charge in [0, 0.05) is 137 Å². The average Bonchev–Trinajstić information content (AvgIpc) is 1.84. The van der Waals surface area contributed by atoms with Crippen molar-refractivity contribution in [1.29, 1.82) is 0 Å². The van der Waals surface area contributed by atoms with Gasteiger partial charge in [-0.05, 0) is 180 Å². The molecule has 0 spiro atoms. The van der Waals surface area contributed by atoms with Crippen LogP contribution in [0, 0.1) is 10.8 Å². The number of hydrogen-bond donors (Lipinski definition) is 6. The van der Waals surface area contributed by atoms with Crippen LogP contribution in [0.2, 0.25) is 0 Å². The number of rotatable bonds is 69. The molecule has 6 N–H and O–H groups in total. The van der Waals surface area contributed by atoms with E-state index in [0.29, 0.717) is 176 Å². The monoisotopic (exact) mass is 1610 g/mol. The Hall–Kier alpha value is -5.31. The molecule has 29 heteroatoms. The molecular formula is C84H156N8O21. The minimum atomic E-state index is -0.552. The molecule has 0 unspecified atom stereocenters. The molecule has 0 fully saturated rings. The summed E-state index contributed by atoms with van der Waals surface area (Å²) in [5.74, 6) is -1.51. The van der Waals surface area contributed by atoms with Crippen molar-refractivity contribution in [1.82, 2.24) is 41.7 Å². The first-order valence-corrected chi connectivity index (χ1v) is 41.3. The third-order valence-electron chi connectivity index (χ3n) is 19.2. The second kappa shape index (κ2) is 53.9. The molecule has 658 valence electrons. The van der Waals surface area contributed by atoms with Crippen LogP contribution in [0.25, 0.3) is 0 Å².